The minimum atomic E-state index is -1.79. The lowest BCUT2D eigenvalue weighted by Gasteiger charge is -2.53. The summed E-state index contributed by atoms with van der Waals surface area (Å²) in [7, 11) is 0. The summed E-state index contributed by atoms with van der Waals surface area (Å²) in [6.07, 6.45) is 6.69. The molecule has 0 aromatic heterocycles. The summed E-state index contributed by atoms with van der Waals surface area (Å²) < 4.78 is 25.1. The van der Waals surface area contributed by atoms with E-state index in [2.05, 4.69) is 19.9 Å². The van der Waals surface area contributed by atoms with Gasteiger partial charge in [0.15, 0.2) is 0 Å². The van der Waals surface area contributed by atoms with Gasteiger partial charge in [-0.3, -0.25) is 4.79 Å². The van der Waals surface area contributed by atoms with Gasteiger partial charge >= 0.3 is 5.97 Å². The summed E-state index contributed by atoms with van der Waals surface area (Å²) in [5, 5.41) is 45.6. The number of aliphatic hydroxyl groups excluding tert-OH is 3. The zero-order valence-corrected chi connectivity index (χ0v) is 26.1. The number of hydrogen-bond donors (Lipinski definition) is 4. The first kappa shape index (κ1) is 32.3. The number of rotatable bonds is 1. The Balaban J connectivity index is 1.55. The standard InChI is InChI=1S/C34H48O9/c1-7-20(4)29-22(6)28(36)30(37)33(43-29)16-25-15-24(42-33)12-11-19(3)13-18(2)9-8-10-23-17-40-31-27(35)21(5)14-26(32(38)41-25)34(23,31)39/h7-11,14,18,22,24-31,35-37,39H,12-13,15-17H2,1-6H3/b9-8+,19-11+,20-7+,23-10+/t18-,22-,24+,25-,26-,27+,28-,29+,30+,31+,33-,34+/m0/s1. The molecule has 1 aliphatic carbocycles. The molecule has 3 saturated heterocycles. The first-order valence-electron chi connectivity index (χ1n) is 15.6. The predicted molar refractivity (Wildman–Crippen MR) is 160 cm³/mol. The van der Waals surface area contributed by atoms with E-state index >= 15 is 0 Å². The molecule has 5 rings (SSSR count). The van der Waals surface area contributed by atoms with Crippen LogP contribution >= 0.6 is 0 Å². The van der Waals surface area contributed by atoms with Crippen molar-refractivity contribution in [2.45, 2.75) is 121 Å². The average molecular weight is 601 g/mol. The molecule has 0 unspecified atom stereocenters. The van der Waals surface area contributed by atoms with Gasteiger partial charge in [-0.15, -0.1) is 0 Å². The molecular weight excluding hydrogens is 552 g/mol. The quantitative estimate of drug-likeness (QED) is 0.264. The Morgan fingerprint density at radius 2 is 1.86 bits per heavy atom. The molecule has 43 heavy (non-hydrogen) atoms. The van der Waals surface area contributed by atoms with Crippen molar-refractivity contribution >= 4 is 5.97 Å². The summed E-state index contributed by atoms with van der Waals surface area (Å²) in [6.45, 7) is 11.6. The molecule has 0 radical (unpaired) electrons. The number of carbonyl (C=O) groups is 1. The highest BCUT2D eigenvalue weighted by Gasteiger charge is 2.61. The number of fused-ring (bicyclic) bond motifs is 2. The molecule has 4 aliphatic heterocycles. The SMILES string of the molecule is C/C=C(\C)[C@H]1O[C@@]2(C[C@@H]3C[C@@H](C/C=C(\C)C[C@@H](C)/C=C/C=C4\CO[C@@H]5[C@H](O)C(C)=C[C@@H](C(=O)O3)[C@]45O)O2)[C@H](O)[C@@H](O)[C@@H]1C. The third-order valence-corrected chi connectivity index (χ3v) is 10.1. The zero-order valence-electron chi connectivity index (χ0n) is 26.1. The Morgan fingerprint density at radius 3 is 2.58 bits per heavy atom. The molecule has 3 fully saturated rings. The Labute approximate surface area is 254 Å². The van der Waals surface area contributed by atoms with Crippen LogP contribution in [0.15, 0.2) is 58.7 Å². The summed E-state index contributed by atoms with van der Waals surface area (Å²) in [5.41, 5.74) is 1.29. The van der Waals surface area contributed by atoms with Crippen LogP contribution in [0.25, 0.3) is 0 Å². The average Bonchev–Trinajstić information content (AvgIpc) is 3.30. The number of hydrogen-bond acceptors (Lipinski definition) is 9. The van der Waals surface area contributed by atoms with Crippen LogP contribution in [0.3, 0.4) is 0 Å². The fourth-order valence-corrected chi connectivity index (χ4v) is 7.42. The lowest BCUT2D eigenvalue weighted by molar-refractivity contribution is -0.380. The van der Waals surface area contributed by atoms with Crippen LogP contribution in [-0.2, 0) is 23.7 Å². The van der Waals surface area contributed by atoms with Crippen LogP contribution in [0.1, 0.15) is 67.2 Å². The molecule has 4 N–H and O–H groups in total. The maximum atomic E-state index is 14.0. The Bertz CT molecular complexity index is 1230. The van der Waals surface area contributed by atoms with Crippen molar-refractivity contribution < 1.29 is 44.2 Å². The molecule has 5 aliphatic rings. The largest absolute Gasteiger partial charge is 0.462 e. The van der Waals surface area contributed by atoms with Gasteiger partial charge in [0.2, 0.25) is 5.79 Å². The van der Waals surface area contributed by atoms with Crippen LogP contribution in [-0.4, -0.2) is 87.1 Å². The number of esters is 1. The van der Waals surface area contributed by atoms with Gasteiger partial charge in [-0.1, -0.05) is 55.9 Å². The van der Waals surface area contributed by atoms with Gasteiger partial charge in [0.25, 0.3) is 0 Å². The van der Waals surface area contributed by atoms with Crippen molar-refractivity contribution in [2.24, 2.45) is 17.8 Å². The second-order valence-electron chi connectivity index (χ2n) is 13.4. The monoisotopic (exact) mass is 600 g/mol. The molecule has 0 aromatic carbocycles. The lowest BCUT2D eigenvalue weighted by atomic mass is 9.71. The topological polar surface area (TPSA) is 135 Å². The normalized spacial score (nSPS) is 49.2. The molecule has 4 heterocycles. The van der Waals surface area contributed by atoms with Crippen LogP contribution in [0.4, 0.5) is 0 Å². The minimum Gasteiger partial charge on any atom is -0.462 e. The summed E-state index contributed by atoms with van der Waals surface area (Å²) in [5.74, 6) is -3.57. The van der Waals surface area contributed by atoms with Gasteiger partial charge in [-0.2, -0.15) is 0 Å². The van der Waals surface area contributed by atoms with Crippen LogP contribution in [0, 0.1) is 17.8 Å². The number of allylic oxidation sites excluding steroid dienone is 5. The van der Waals surface area contributed by atoms with Crippen molar-refractivity contribution in [3.05, 3.63) is 58.7 Å². The number of ether oxygens (including phenoxy) is 4. The fraction of sp³-hybridized carbons (Fsp3) is 0.676. The number of aliphatic hydroxyl groups is 4. The molecule has 2 bridgehead atoms. The molecular formula is C34H48O9. The summed E-state index contributed by atoms with van der Waals surface area (Å²) >= 11 is 0. The van der Waals surface area contributed by atoms with Crippen molar-refractivity contribution in [1.82, 2.24) is 0 Å². The predicted octanol–water partition coefficient (Wildman–Crippen LogP) is 3.42. The summed E-state index contributed by atoms with van der Waals surface area (Å²) in [6, 6.07) is 0. The Hall–Kier alpha value is -2.11. The maximum absolute atomic E-state index is 14.0. The Kier molecular flexibility index (Phi) is 9.27. The third-order valence-electron chi connectivity index (χ3n) is 10.1. The van der Waals surface area contributed by atoms with Crippen molar-refractivity contribution in [3.63, 3.8) is 0 Å². The smallest absolute Gasteiger partial charge is 0.316 e. The second kappa shape index (κ2) is 12.4. The maximum Gasteiger partial charge on any atom is 0.316 e. The van der Waals surface area contributed by atoms with E-state index in [4.69, 9.17) is 18.9 Å². The molecule has 9 heteroatoms. The fourth-order valence-electron chi connectivity index (χ4n) is 7.42. The zero-order chi connectivity index (χ0) is 31.3. The van der Waals surface area contributed by atoms with E-state index < -0.39 is 66.0 Å². The summed E-state index contributed by atoms with van der Waals surface area (Å²) in [4.78, 5) is 14.0. The molecule has 0 aromatic rings. The molecule has 0 saturated carbocycles. The van der Waals surface area contributed by atoms with Gasteiger partial charge in [0.1, 0.15) is 35.9 Å². The molecule has 9 nitrogen and oxygen atoms in total. The van der Waals surface area contributed by atoms with E-state index in [9.17, 15) is 25.2 Å². The van der Waals surface area contributed by atoms with Crippen LogP contribution in [0.5, 0.6) is 0 Å². The third kappa shape index (κ3) is 5.86. The lowest BCUT2D eigenvalue weighted by Crippen LogP contribution is -2.66. The molecule has 12 atom stereocenters. The van der Waals surface area contributed by atoms with Crippen LogP contribution in [0.2, 0.25) is 0 Å². The molecule has 0 amide bonds. The van der Waals surface area contributed by atoms with Crippen molar-refractivity contribution in [1.29, 1.82) is 0 Å². The minimum absolute atomic E-state index is 0.00917. The first-order valence-corrected chi connectivity index (χ1v) is 15.6. The van der Waals surface area contributed by atoms with Gasteiger partial charge < -0.3 is 39.4 Å². The van der Waals surface area contributed by atoms with E-state index in [0.717, 1.165) is 17.6 Å². The van der Waals surface area contributed by atoms with Gasteiger partial charge in [-0.25, -0.2) is 0 Å². The highest BCUT2D eigenvalue weighted by molar-refractivity contribution is 5.78. The van der Waals surface area contributed by atoms with E-state index in [0.29, 0.717) is 24.0 Å². The van der Waals surface area contributed by atoms with Gasteiger partial charge in [-0.05, 0) is 63.2 Å². The molecule has 238 valence electrons. The highest BCUT2D eigenvalue weighted by Crippen LogP contribution is 2.47. The second-order valence-corrected chi connectivity index (χ2v) is 13.4. The van der Waals surface area contributed by atoms with Gasteiger partial charge in [0, 0.05) is 18.8 Å². The van der Waals surface area contributed by atoms with Crippen molar-refractivity contribution in [3.8, 4) is 0 Å². The highest BCUT2D eigenvalue weighted by atomic mass is 16.7. The van der Waals surface area contributed by atoms with Crippen LogP contribution < -0.4 is 0 Å². The van der Waals surface area contributed by atoms with Crippen molar-refractivity contribution in [2.75, 3.05) is 6.61 Å². The Morgan fingerprint density at radius 1 is 1.12 bits per heavy atom. The number of carbonyl (C=O) groups excluding carboxylic acids is 1. The van der Waals surface area contributed by atoms with E-state index in [1.54, 1.807) is 19.1 Å². The first-order chi connectivity index (χ1) is 20.3. The molecule has 1 spiro atoms. The van der Waals surface area contributed by atoms with E-state index in [1.165, 1.54) is 0 Å². The van der Waals surface area contributed by atoms with E-state index in [-0.39, 0.29) is 24.9 Å². The van der Waals surface area contributed by atoms with E-state index in [1.807, 2.05) is 39.0 Å². The van der Waals surface area contributed by atoms with Gasteiger partial charge in [0.05, 0.1) is 24.9 Å².